The van der Waals surface area contributed by atoms with Gasteiger partial charge in [0.25, 0.3) is 5.91 Å². The fraction of sp³-hybridized carbons (Fsp3) is 0.333. The fourth-order valence-electron chi connectivity index (χ4n) is 3.79. The van der Waals surface area contributed by atoms with Gasteiger partial charge in [-0.2, -0.15) is 0 Å². The van der Waals surface area contributed by atoms with Gasteiger partial charge in [-0.15, -0.1) is 0 Å². The maximum Gasteiger partial charge on any atom is 0.326 e. The summed E-state index contributed by atoms with van der Waals surface area (Å²) in [5, 5.41) is 10.7. The molecule has 150 valence electrons. The smallest absolute Gasteiger partial charge is 0.326 e. The lowest BCUT2D eigenvalue weighted by atomic mass is 10.0. The highest BCUT2D eigenvalue weighted by atomic mass is 16.2. The number of fused-ring (bicyclic) bond motifs is 1. The Balaban J connectivity index is 1.63. The number of nitrogens with zero attached hydrogens (tertiary/aromatic N) is 4. The monoisotopic (exact) mass is 392 g/mol. The standard InChI is InChI=1S/C21H24N6O2/c1-23-21(29)27-11-7-17(13-18(27)22)26-10-5-6-15-12-16(14-24-19(15)26)20(28)25-8-3-2-4-9-25/h2-3,7,11-14,22H,4-6,8-10H2,1H3,(H,23,29). The van der Waals surface area contributed by atoms with Crippen molar-refractivity contribution < 1.29 is 9.59 Å². The predicted molar refractivity (Wildman–Crippen MR) is 109 cm³/mol. The zero-order valence-electron chi connectivity index (χ0n) is 16.4. The molecule has 0 aliphatic carbocycles. The summed E-state index contributed by atoms with van der Waals surface area (Å²) < 4.78 is 1.25. The molecule has 0 fully saturated rings. The Bertz CT molecular complexity index is 1040. The third-order valence-corrected chi connectivity index (χ3v) is 5.30. The van der Waals surface area contributed by atoms with Crippen LogP contribution in [0.25, 0.3) is 0 Å². The number of carbonyl (C=O) groups is 2. The van der Waals surface area contributed by atoms with Crippen LogP contribution < -0.4 is 15.7 Å². The molecule has 29 heavy (non-hydrogen) atoms. The Morgan fingerprint density at radius 2 is 2.07 bits per heavy atom. The second-order valence-electron chi connectivity index (χ2n) is 7.17. The van der Waals surface area contributed by atoms with Gasteiger partial charge in [-0.1, -0.05) is 12.2 Å². The maximum atomic E-state index is 12.8. The molecule has 2 aliphatic rings. The number of hydrogen-bond acceptors (Lipinski definition) is 5. The van der Waals surface area contributed by atoms with Crippen LogP contribution in [0, 0.1) is 5.41 Å². The quantitative estimate of drug-likeness (QED) is 0.765. The van der Waals surface area contributed by atoms with E-state index in [1.54, 1.807) is 18.5 Å². The predicted octanol–water partition coefficient (Wildman–Crippen LogP) is 2.04. The lowest BCUT2D eigenvalue weighted by Gasteiger charge is -2.31. The summed E-state index contributed by atoms with van der Waals surface area (Å²) in [6, 6.07) is 5.06. The molecule has 0 unspecified atom stereocenters. The van der Waals surface area contributed by atoms with E-state index in [2.05, 4.69) is 16.4 Å². The second kappa shape index (κ2) is 7.90. The Kier molecular flexibility index (Phi) is 5.16. The number of aryl methyl sites for hydroxylation is 1. The van der Waals surface area contributed by atoms with Crippen molar-refractivity contribution in [3.8, 4) is 0 Å². The molecule has 0 radical (unpaired) electrons. The van der Waals surface area contributed by atoms with Gasteiger partial charge in [-0.05, 0) is 37.0 Å². The molecule has 8 nitrogen and oxygen atoms in total. The Hall–Kier alpha value is -3.42. The lowest BCUT2D eigenvalue weighted by molar-refractivity contribution is 0.0770. The van der Waals surface area contributed by atoms with E-state index < -0.39 is 0 Å². The Labute approximate surface area is 169 Å². The molecule has 0 saturated carbocycles. The molecule has 4 rings (SSSR count). The first-order valence-electron chi connectivity index (χ1n) is 9.78. The molecule has 0 saturated heterocycles. The van der Waals surface area contributed by atoms with Gasteiger partial charge in [0.05, 0.1) is 5.56 Å². The van der Waals surface area contributed by atoms with Crippen molar-refractivity contribution >= 4 is 23.4 Å². The first-order chi connectivity index (χ1) is 14.1. The molecule has 2 amide bonds. The molecular formula is C21H24N6O2. The minimum absolute atomic E-state index is 0.0153. The van der Waals surface area contributed by atoms with Crippen molar-refractivity contribution in [2.75, 3.05) is 31.6 Å². The third-order valence-electron chi connectivity index (χ3n) is 5.30. The molecule has 2 aromatic rings. The topological polar surface area (TPSA) is 94.3 Å². The van der Waals surface area contributed by atoms with Crippen LogP contribution in [0.15, 0.2) is 42.7 Å². The van der Waals surface area contributed by atoms with Crippen molar-refractivity contribution in [3.63, 3.8) is 0 Å². The number of pyridine rings is 2. The van der Waals surface area contributed by atoms with E-state index in [1.165, 1.54) is 11.6 Å². The summed E-state index contributed by atoms with van der Waals surface area (Å²) in [7, 11) is 1.53. The first kappa shape index (κ1) is 18.9. The second-order valence-corrected chi connectivity index (χ2v) is 7.17. The normalized spacial score (nSPS) is 15.8. The minimum Gasteiger partial charge on any atom is -0.340 e. The number of rotatable bonds is 2. The number of amides is 2. The highest BCUT2D eigenvalue weighted by molar-refractivity contribution is 5.94. The van der Waals surface area contributed by atoms with Gasteiger partial charge in [-0.3, -0.25) is 14.8 Å². The van der Waals surface area contributed by atoms with Gasteiger partial charge < -0.3 is 15.1 Å². The number of anilines is 2. The summed E-state index contributed by atoms with van der Waals surface area (Å²) in [5.74, 6) is 0.824. The SMILES string of the molecule is CNC(=O)n1ccc(N2CCCc3cc(C(=O)N4CC=CCC4)cnc32)cc1=N. The van der Waals surface area contributed by atoms with E-state index >= 15 is 0 Å². The first-order valence-corrected chi connectivity index (χ1v) is 9.78. The van der Waals surface area contributed by atoms with Crippen LogP contribution >= 0.6 is 0 Å². The number of aromatic nitrogens is 2. The van der Waals surface area contributed by atoms with E-state index in [0.717, 1.165) is 49.4 Å². The van der Waals surface area contributed by atoms with E-state index in [0.29, 0.717) is 12.1 Å². The number of nitrogens with one attached hydrogen (secondary N) is 2. The van der Waals surface area contributed by atoms with Gasteiger partial charge in [-0.25, -0.2) is 9.78 Å². The van der Waals surface area contributed by atoms with Crippen LogP contribution in [0.4, 0.5) is 16.3 Å². The molecule has 0 spiro atoms. The highest BCUT2D eigenvalue weighted by Gasteiger charge is 2.23. The summed E-state index contributed by atoms with van der Waals surface area (Å²) in [5.41, 5.74) is 2.56. The van der Waals surface area contributed by atoms with E-state index in [1.807, 2.05) is 28.0 Å². The van der Waals surface area contributed by atoms with Crippen molar-refractivity contribution in [1.29, 1.82) is 5.41 Å². The van der Waals surface area contributed by atoms with Gasteiger partial charge >= 0.3 is 6.03 Å². The molecule has 0 atom stereocenters. The molecule has 8 heteroatoms. The molecule has 2 aromatic heterocycles. The largest absolute Gasteiger partial charge is 0.340 e. The van der Waals surface area contributed by atoms with Crippen LogP contribution in [-0.2, 0) is 6.42 Å². The zero-order valence-corrected chi connectivity index (χ0v) is 16.4. The summed E-state index contributed by atoms with van der Waals surface area (Å²) in [6.45, 7) is 2.15. The van der Waals surface area contributed by atoms with Gasteiger partial charge in [0, 0.05) is 50.8 Å². The maximum absolute atomic E-state index is 12.8. The van der Waals surface area contributed by atoms with E-state index in [4.69, 9.17) is 5.41 Å². The lowest BCUT2D eigenvalue weighted by Crippen LogP contribution is -2.35. The minimum atomic E-state index is -0.352. The van der Waals surface area contributed by atoms with Crippen molar-refractivity contribution in [2.45, 2.75) is 19.3 Å². The molecule has 2 aliphatic heterocycles. The van der Waals surface area contributed by atoms with Crippen LogP contribution in [-0.4, -0.2) is 53.1 Å². The van der Waals surface area contributed by atoms with Crippen LogP contribution in [0.3, 0.4) is 0 Å². The van der Waals surface area contributed by atoms with Crippen LogP contribution in [0.2, 0.25) is 0 Å². The third kappa shape index (κ3) is 3.65. The van der Waals surface area contributed by atoms with Crippen molar-refractivity contribution in [3.05, 3.63) is 59.4 Å². The fourth-order valence-corrected chi connectivity index (χ4v) is 3.79. The molecular weight excluding hydrogens is 368 g/mol. The van der Waals surface area contributed by atoms with E-state index in [9.17, 15) is 9.59 Å². The summed E-state index contributed by atoms with van der Waals surface area (Å²) in [4.78, 5) is 33.1. The Morgan fingerprint density at radius 3 is 2.79 bits per heavy atom. The van der Waals surface area contributed by atoms with Crippen molar-refractivity contribution in [2.24, 2.45) is 0 Å². The van der Waals surface area contributed by atoms with Gasteiger partial charge in [0.2, 0.25) is 0 Å². The average Bonchev–Trinajstić information content (AvgIpc) is 2.77. The van der Waals surface area contributed by atoms with Gasteiger partial charge in [0.15, 0.2) is 0 Å². The zero-order chi connectivity index (χ0) is 20.4. The number of hydrogen-bond donors (Lipinski definition) is 2. The van der Waals surface area contributed by atoms with Crippen LogP contribution in [0.5, 0.6) is 0 Å². The van der Waals surface area contributed by atoms with Crippen LogP contribution in [0.1, 0.15) is 28.8 Å². The molecule has 0 aromatic carbocycles. The van der Waals surface area contributed by atoms with E-state index in [-0.39, 0.29) is 17.4 Å². The average molecular weight is 392 g/mol. The number of carbonyl (C=O) groups excluding carboxylic acids is 2. The summed E-state index contributed by atoms with van der Waals surface area (Å²) in [6.07, 6.45) is 10.0. The molecule has 0 bridgehead atoms. The summed E-state index contributed by atoms with van der Waals surface area (Å²) >= 11 is 0. The van der Waals surface area contributed by atoms with Gasteiger partial charge in [0.1, 0.15) is 11.3 Å². The highest BCUT2D eigenvalue weighted by Crippen LogP contribution is 2.31. The molecule has 4 heterocycles. The Morgan fingerprint density at radius 1 is 1.21 bits per heavy atom. The molecule has 2 N–H and O–H groups in total. The van der Waals surface area contributed by atoms with Crippen molar-refractivity contribution in [1.82, 2.24) is 19.8 Å².